The largest absolute Gasteiger partial charge is 0.495 e. The fourth-order valence-electron chi connectivity index (χ4n) is 2.09. The average Bonchev–Trinajstić information content (AvgIpc) is 2.61. The molecule has 0 radical (unpaired) electrons. The minimum Gasteiger partial charge on any atom is -0.495 e. The molecular formula is C17H15ClN2O6. The molecule has 2 aromatic rings. The molecule has 26 heavy (non-hydrogen) atoms. The number of nitrogens with one attached hydrogen (secondary N) is 1. The van der Waals surface area contributed by atoms with Crippen LogP contribution in [0.15, 0.2) is 42.5 Å². The van der Waals surface area contributed by atoms with Gasteiger partial charge in [0.25, 0.3) is 11.6 Å². The number of nitro groups is 1. The summed E-state index contributed by atoms with van der Waals surface area (Å²) in [4.78, 5) is 34.8. The molecule has 8 nitrogen and oxygen atoms in total. The number of anilines is 1. The number of rotatable bonds is 6. The number of nitro benzene ring substituents is 1. The van der Waals surface area contributed by atoms with Gasteiger partial charge in [-0.1, -0.05) is 23.7 Å². The first-order valence-corrected chi connectivity index (χ1v) is 7.80. The second-order valence-corrected chi connectivity index (χ2v) is 5.59. The third-order valence-corrected chi connectivity index (χ3v) is 3.63. The van der Waals surface area contributed by atoms with Gasteiger partial charge >= 0.3 is 5.97 Å². The van der Waals surface area contributed by atoms with Crippen molar-refractivity contribution in [3.63, 3.8) is 0 Å². The highest BCUT2D eigenvalue weighted by Crippen LogP contribution is 2.25. The monoisotopic (exact) mass is 378 g/mol. The highest BCUT2D eigenvalue weighted by Gasteiger charge is 2.26. The van der Waals surface area contributed by atoms with Crippen LogP contribution >= 0.6 is 11.6 Å². The summed E-state index contributed by atoms with van der Waals surface area (Å²) in [6, 6.07) is 10.2. The summed E-state index contributed by atoms with van der Waals surface area (Å²) in [5.74, 6) is -1.21. The Bertz CT molecular complexity index is 855. The minimum atomic E-state index is -1.20. The summed E-state index contributed by atoms with van der Waals surface area (Å²) >= 11 is 5.78. The van der Waals surface area contributed by atoms with Crippen molar-refractivity contribution in [2.45, 2.75) is 13.0 Å². The first kappa shape index (κ1) is 19.2. The van der Waals surface area contributed by atoms with E-state index in [1.807, 2.05) is 0 Å². The van der Waals surface area contributed by atoms with E-state index in [1.54, 1.807) is 24.3 Å². The zero-order chi connectivity index (χ0) is 19.3. The molecule has 1 amide bonds. The third kappa shape index (κ3) is 4.48. The summed E-state index contributed by atoms with van der Waals surface area (Å²) < 4.78 is 10.2. The van der Waals surface area contributed by atoms with Gasteiger partial charge in [-0.2, -0.15) is 0 Å². The van der Waals surface area contributed by atoms with E-state index in [4.69, 9.17) is 21.1 Å². The van der Waals surface area contributed by atoms with Crippen molar-refractivity contribution < 1.29 is 24.0 Å². The standard InChI is InChI=1S/C17H15ClN2O6/c1-10(16(21)19-13-5-3-4-6-15(13)25-2)26-17(22)12-9-11(18)7-8-14(12)20(23)24/h3-10H,1-2H3,(H,19,21)/t10-/m0/s1. The highest BCUT2D eigenvalue weighted by atomic mass is 35.5. The number of nitrogens with zero attached hydrogens (tertiary/aromatic N) is 1. The molecule has 0 unspecified atom stereocenters. The van der Waals surface area contributed by atoms with Gasteiger partial charge in [-0.05, 0) is 31.2 Å². The number of hydrogen-bond acceptors (Lipinski definition) is 6. The number of amides is 1. The Morgan fingerprint density at radius 1 is 1.23 bits per heavy atom. The van der Waals surface area contributed by atoms with E-state index in [0.29, 0.717) is 11.4 Å². The third-order valence-electron chi connectivity index (χ3n) is 3.39. The molecule has 0 saturated heterocycles. The maximum absolute atomic E-state index is 12.2. The first-order valence-electron chi connectivity index (χ1n) is 7.42. The molecule has 9 heteroatoms. The lowest BCUT2D eigenvalue weighted by atomic mass is 10.2. The molecule has 0 aliphatic rings. The number of halogens is 1. The molecule has 0 saturated carbocycles. The van der Waals surface area contributed by atoms with E-state index < -0.39 is 28.6 Å². The Balaban J connectivity index is 2.13. The van der Waals surface area contributed by atoms with Crippen molar-refractivity contribution in [1.29, 1.82) is 0 Å². The maximum atomic E-state index is 12.2. The molecule has 136 valence electrons. The number of methoxy groups -OCH3 is 1. The molecule has 1 N–H and O–H groups in total. The summed E-state index contributed by atoms with van der Waals surface area (Å²) in [6.45, 7) is 1.35. The van der Waals surface area contributed by atoms with Crippen molar-refractivity contribution in [1.82, 2.24) is 0 Å². The van der Waals surface area contributed by atoms with E-state index in [9.17, 15) is 19.7 Å². The Morgan fingerprint density at radius 3 is 2.58 bits per heavy atom. The number of ether oxygens (including phenoxy) is 2. The van der Waals surface area contributed by atoms with E-state index in [-0.39, 0.29) is 10.6 Å². The van der Waals surface area contributed by atoms with Crippen LogP contribution in [0.3, 0.4) is 0 Å². The predicted octanol–water partition coefficient (Wildman–Crippen LogP) is 3.44. The lowest BCUT2D eigenvalue weighted by Crippen LogP contribution is -2.30. The van der Waals surface area contributed by atoms with Gasteiger partial charge in [0, 0.05) is 11.1 Å². The second kappa shape index (κ2) is 8.30. The number of carbonyl (C=O) groups is 2. The van der Waals surface area contributed by atoms with E-state index in [2.05, 4.69) is 5.32 Å². The first-order chi connectivity index (χ1) is 12.3. The molecule has 2 aromatic carbocycles. The summed E-state index contributed by atoms with van der Waals surface area (Å²) in [7, 11) is 1.45. The number of para-hydroxylation sites is 2. The van der Waals surface area contributed by atoms with Crippen LogP contribution in [0.1, 0.15) is 17.3 Å². The van der Waals surface area contributed by atoms with E-state index in [0.717, 1.165) is 12.1 Å². The number of benzene rings is 2. The number of esters is 1. The van der Waals surface area contributed by atoms with Crippen molar-refractivity contribution >= 4 is 34.9 Å². The lowest BCUT2D eigenvalue weighted by molar-refractivity contribution is -0.385. The Hall–Kier alpha value is -3.13. The van der Waals surface area contributed by atoms with Gasteiger partial charge in [-0.3, -0.25) is 14.9 Å². The molecule has 0 spiro atoms. The Kier molecular flexibility index (Phi) is 6.13. The lowest BCUT2D eigenvalue weighted by Gasteiger charge is -2.15. The van der Waals surface area contributed by atoms with Crippen LogP contribution in [0.25, 0.3) is 0 Å². The molecule has 0 aliphatic carbocycles. The molecule has 0 aliphatic heterocycles. The van der Waals surface area contributed by atoms with Crippen molar-refractivity contribution in [3.8, 4) is 5.75 Å². The summed E-state index contributed by atoms with van der Waals surface area (Å²) in [5.41, 5.74) is -0.396. The molecule has 0 heterocycles. The van der Waals surface area contributed by atoms with Crippen LogP contribution in [0.5, 0.6) is 5.75 Å². The van der Waals surface area contributed by atoms with Gasteiger partial charge in [-0.25, -0.2) is 4.79 Å². The van der Waals surface area contributed by atoms with E-state index >= 15 is 0 Å². The fraction of sp³-hybridized carbons (Fsp3) is 0.176. The van der Waals surface area contributed by atoms with Crippen LogP contribution in [-0.4, -0.2) is 30.0 Å². The van der Waals surface area contributed by atoms with Gasteiger partial charge in [0.1, 0.15) is 11.3 Å². The number of carbonyl (C=O) groups excluding carboxylic acids is 2. The zero-order valence-electron chi connectivity index (χ0n) is 13.9. The van der Waals surface area contributed by atoms with Crippen LogP contribution in [-0.2, 0) is 9.53 Å². The van der Waals surface area contributed by atoms with Crippen LogP contribution < -0.4 is 10.1 Å². The van der Waals surface area contributed by atoms with Gasteiger partial charge in [0.2, 0.25) is 0 Å². The number of hydrogen-bond donors (Lipinski definition) is 1. The summed E-state index contributed by atoms with van der Waals surface area (Å²) in [6.07, 6.45) is -1.20. The van der Waals surface area contributed by atoms with Crippen molar-refractivity contribution in [2.75, 3.05) is 12.4 Å². The minimum absolute atomic E-state index is 0.133. The topological polar surface area (TPSA) is 108 Å². The molecule has 0 aromatic heterocycles. The molecular weight excluding hydrogens is 364 g/mol. The normalized spacial score (nSPS) is 11.3. The molecule has 1 atom stereocenters. The highest BCUT2D eigenvalue weighted by molar-refractivity contribution is 6.31. The van der Waals surface area contributed by atoms with Gasteiger partial charge in [-0.15, -0.1) is 0 Å². The Labute approximate surface area is 153 Å². The molecule has 0 fully saturated rings. The average molecular weight is 379 g/mol. The summed E-state index contributed by atoms with van der Waals surface area (Å²) in [5, 5.41) is 13.7. The van der Waals surface area contributed by atoms with Gasteiger partial charge in [0.15, 0.2) is 6.10 Å². The van der Waals surface area contributed by atoms with Crippen LogP contribution in [0.4, 0.5) is 11.4 Å². The quantitative estimate of drug-likeness (QED) is 0.468. The smallest absolute Gasteiger partial charge is 0.345 e. The van der Waals surface area contributed by atoms with Crippen LogP contribution in [0.2, 0.25) is 5.02 Å². The van der Waals surface area contributed by atoms with Crippen LogP contribution in [0, 0.1) is 10.1 Å². The van der Waals surface area contributed by atoms with Crippen molar-refractivity contribution in [3.05, 3.63) is 63.2 Å². The van der Waals surface area contributed by atoms with Crippen molar-refractivity contribution in [2.24, 2.45) is 0 Å². The Morgan fingerprint density at radius 2 is 1.92 bits per heavy atom. The fourth-order valence-corrected chi connectivity index (χ4v) is 2.26. The van der Waals surface area contributed by atoms with Gasteiger partial charge < -0.3 is 14.8 Å². The van der Waals surface area contributed by atoms with Gasteiger partial charge in [0.05, 0.1) is 17.7 Å². The van der Waals surface area contributed by atoms with E-state index in [1.165, 1.54) is 20.1 Å². The molecule has 2 rings (SSSR count). The SMILES string of the molecule is COc1ccccc1NC(=O)[C@H](C)OC(=O)c1cc(Cl)ccc1[N+](=O)[O-]. The predicted molar refractivity (Wildman–Crippen MR) is 94.6 cm³/mol. The zero-order valence-corrected chi connectivity index (χ0v) is 14.6. The maximum Gasteiger partial charge on any atom is 0.345 e. The second-order valence-electron chi connectivity index (χ2n) is 5.16. The molecule has 0 bridgehead atoms.